The van der Waals surface area contributed by atoms with Gasteiger partial charge < -0.3 is 26.2 Å². The Labute approximate surface area is 250 Å². The summed E-state index contributed by atoms with van der Waals surface area (Å²) >= 11 is 0. The molecule has 0 fully saturated rings. The Balaban J connectivity index is 2.25. The summed E-state index contributed by atoms with van der Waals surface area (Å²) < 4.78 is 0. The third-order valence-electron chi connectivity index (χ3n) is 7.34. The molecule has 2 rings (SSSR count). The average molecular weight is 583 g/mol. The number of hydrogen-bond acceptors (Lipinski definition) is 6. The van der Waals surface area contributed by atoms with E-state index < -0.39 is 36.1 Å². The highest BCUT2D eigenvalue weighted by Crippen LogP contribution is 2.21. The maximum atomic E-state index is 13.8. The lowest BCUT2D eigenvalue weighted by Gasteiger charge is -2.30. The first kappa shape index (κ1) is 34.9. The number of benzene rings is 1. The third-order valence-corrected chi connectivity index (χ3v) is 7.34. The number of carbonyl (C=O) groups excluding carboxylic acids is 3. The molecule has 1 aromatic carbocycles. The Morgan fingerprint density at radius 2 is 1.57 bits per heavy atom. The van der Waals surface area contributed by atoms with Crippen molar-refractivity contribution in [2.45, 2.75) is 103 Å². The van der Waals surface area contributed by atoms with Gasteiger partial charge in [-0.05, 0) is 48.8 Å². The van der Waals surface area contributed by atoms with E-state index in [2.05, 4.69) is 34.8 Å². The van der Waals surface area contributed by atoms with Crippen LogP contribution in [0.2, 0.25) is 0 Å². The second kappa shape index (κ2) is 19.0. The molecule has 1 unspecified atom stereocenters. The predicted molar refractivity (Wildman–Crippen MR) is 165 cm³/mol. The number of amides is 3. The summed E-state index contributed by atoms with van der Waals surface area (Å²) in [5.41, 5.74) is 1.19. The van der Waals surface area contributed by atoms with E-state index >= 15 is 0 Å². The quantitative estimate of drug-likeness (QED) is 0.171. The summed E-state index contributed by atoms with van der Waals surface area (Å²) in [7, 11) is 0. The SMILES string of the molecule is CCCC(CCC)CCC(NC(=O)c1cccnc1)C(=O)N[C@@H](Cc1ccccc1)[C@@H](O)[C@H](O)CC(=O)NCC(C)C. The van der Waals surface area contributed by atoms with Crippen molar-refractivity contribution >= 4 is 17.7 Å². The molecule has 9 heteroatoms. The second-order valence-electron chi connectivity index (χ2n) is 11.6. The van der Waals surface area contributed by atoms with Crippen molar-refractivity contribution in [3.63, 3.8) is 0 Å². The predicted octanol–water partition coefficient (Wildman–Crippen LogP) is 3.79. The van der Waals surface area contributed by atoms with E-state index in [4.69, 9.17) is 0 Å². The van der Waals surface area contributed by atoms with Crippen LogP contribution in [0.1, 0.15) is 88.6 Å². The average Bonchev–Trinajstić information content (AvgIpc) is 2.98. The van der Waals surface area contributed by atoms with Crippen LogP contribution in [0.15, 0.2) is 54.9 Å². The van der Waals surface area contributed by atoms with E-state index in [-0.39, 0.29) is 24.7 Å². The molecule has 2 aromatic rings. The first-order valence-corrected chi connectivity index (χ1v) is 15.3. The van der Waals surface area contributed by atoms with Gasteiger partial charge >= 0.3 is 0 Å². The number of rotatable bonds is 19. The van der Waals surface area contributed by atoms with E-state index in [1.165, 1.54) is 6.20 Å². The Hall–Kier alpha value is -3.30. The lowest BCUT2D eigenvalue weighted by molar-refractivity contribution is -0.127. The van der Waals surface area contributed by atoms with Gasteiger partial charge in [-0.1, -0.05) is 83.7 Å². The number of nitrogens with one attached hydrogen (secondary N) is 3. The Kier molecular flexibility index (Phi) is 15.8. The highest BCUT2D eigenvalue weighted by Gasteiger charge is 2.32. The highest BCUT2D eigenvalue weighted by molar-refractivity contribution is 5.97. The lowest BCUT2D eigenvalue weighted by Crippen LogP contribution is -2.56. The molecule has 1 aromatic heterocycles. The number of aliphatic hydroxyl groups is 2. The first-order valence-electron chi connectivity index (χ1n) is 15.3. The minimum atomic E-state index is -1.42. The van der Waals surface area contributed by atoms with E-state index in [0.29, 0.717) is 24.4 Å². The molecule has 0 spiro atoms. The maximum absolute atomic E-state index is 13.8. The van der Waals surface area contributed by atoms with Gasteiger partial charge in [0.25, 0.3) is 5.91 Å². The zero-order valence-corrected chi connectivity index (χ0v) is 25.6. The van der Waals surface area contributed by atoms with Crippen LogP contribution < -0.4 is 16.0 Å². The van der Waals surface area contributed by atoms with Crippen molar-refractivity contribution in [1.29, 1.82) is 0 Å². The minimum absolute atomic E-state index is 0.232. The van der Waals surface area contributed by atoms with Gasteiger partial charge in [0.2, 0.25) is 11.8 Å². The Bertz CT molecular complexity index is 1060. The molecule has 0 aliphatic rings. The fourth-order valence-corrected chi connectivity index (χ4v) is 5.04. The molecule has 0 saturated carbocycles. The van der Waals surface area contributed by atoms with Crippen LogP contribution in [0.3, 0.4) is 0 Å². The van der Waals surface area contributed by atoms with Gasteiger partial charge in [-0.15, -0.1) is 0 Å². The Morgan fingerprint density at radius 3 is 2.17 bits per heavy atom. The largest absolute Gasteiger partial charge is 0.390 e. The van der Waals surface area contributed by atoms with E-state index in [9.17, 15) is 24.6 Å². The van der Waals surface area contributed by atoms with Gasteiger partial charge in [0.05, 0.1) is 24.1 Å². The van der Waals surface area contributed by atoms with Crippen LogP contribution in [0.4, 0.5) is 0 Å². The number of aromatic nitrogens is 1. The van der Waals surface area contributed by atoms with Crippen LogP contribution in [0.25, 0.3) is 0 Å². The third kappa shape index (κ3) is 12.7. The van der Waals surface area contributed by atoms with Crippen molar-refractivity contribution in [3.8, 4) is 0 Å². The summed E-state index contributed by atoms with van der Waals surface area (Å²) in [6, 6.07) is 10.9. The molecular weight excluding hydrogens is 532 g/mol. The molecule has 4 atom stereocenters. The smallest absolute Gasteiger partial charge is 0.253 e. The van der Waals surface area contributed by atoms with Gasteiger partial charge in [0, 0.05) is 18.9 Å². The number of pyridine rings is 1. The van der Waals surface area contributed by atoms with E-state index in [1.54, 1.807) is 18.3 Å². The zero-order chi connectivity index (χ0) is 30.9. The summed E-state index contributed by atoms with van der Waals surface area (Å²) in [6.45, 7) is 8.67. The first-order chi connectivity index (χ1) is 20.1. The monoisotopic (exact) mass is 582 g/mol. The molecule has 0 aliphatic carbocycles. The van der Waals surface area contributed by atoms with Gasteiger partial charge in [0.15, 0.2) is 0 Å². The van der Waals surface area contributed by atoms with Crippen LogP contribution in [0.5, 0.6) is 0 Å². The van der Waals surface area contributed by atoms with Crippen molar-refractivity contribution in [2.24, 2.45) is 11.8 Å². The Morgan fingerprint density at radius 1 is 0.881 bits per heavy atom. The number of hydrogen-bond donors (Lipinski definition) is 5. The van der Waals surface area contributed by atoms with Crippen molar-refractivity contribution in [2.75, 3.05) is 6.54 Å². The standard InChI is InChI=1S/C33H50N4O5/c1-5-11-24(12-6-2)16-17-27(36-32(41)26-15-10-18-34-22-26)33(42)37-28(19-25-13-8-7-9-14-25)31(40)29(38)20-30(39)35-21-23(3)4/h7-10,13-15,18,22-24,27-29,31,38,40H,5-6,11-12,16-17,19-21H2,1-4H3,(H,35,39)(H,36,41)(H,37,42)/t27?,28-,29+,31+/m0/s1. The van der Waals surface area contributed by atoms with Crippen molar-refractivity contribution in [1.82, 2.24) is 20.9 Å². The fraction of sp³-hybridized carbons (Fsp3) is 0.576. The van der Waals surface area contributed by atoms with Crippen LogP contribution in [0, 0.1) is 11.8 Å². The zero-order valence-electron chi connectivity index (χ0n) is 25.6. The fourth-order valence-electron chi connectivity index (χ4n) is 5.04. The highest BCUT2D eigenvalue weighted by atomic mass is 16.3. The summed E-state index contributed by atoms with van der Waals surface area (Å²) in [5, 5.41) is 30.5. The molecule has 0 radical (unpaired) electrons. The molecule has 9 nitrogen and oxygen atoms in total. The van der Waals surface area contributed by atoms with Gasteiger partial charge in [0.1, 0.15) is 12.1 Å². The lowest BCUT2D eigenvalue weighted by atomic mass is 9.91. The molecule has 1 heterocycles. The van der Waals surface area contributed by atoms with Crippen LogP contribution in [-0.2, 0) is 16.0 Å². The molecule has 232 valence electrons. The second-order valence-corrected chi connectivity index (χ2v) is 11.6. The minimum Gasteiger partial charge on any atom is -0.390 e. The molecule has 3 amide bonds. The molecule has 0 bridgehead atoms. The van der Waals surface area contributed by atoms with Gasteiger partial charge in [-0.25, -0.2) is 0 Å². The van der Waals surface area contributed by atoms with E-state index in [0.717, 1.165) is 37.7 Å². The summed E-state index contributed by atoms with van der Waals surface area (Å²) in [6.07, 6.45) is 5.49. The van der Waals surface area contributed by atoms with Crippen molar-refractivity contribution in [3.05, 3.63) is 66.0 Å². The van der Waals surface area contributed by atoms with Crippen LogP contribution >= 0.6 is 0 Å². The number of nitrogens with zero attached hydrogens (tertiary/aromatic N) is 1. The van der Waals surface area contributed by atoms with Gasteiger partial charge in [-0.3, -0.25) is 19.4 Å². The maximum Gasteiger partial charge on any atom is 0.253 e. The molecular formula is C33H50N4O5. The van der Waals surface area contributed by atoms with Crippen molar-refractivity contribution < 1.29 is 24.6 Å². The van der Waals surface area contributed by atoms with Crippen LogP contribution in [-0.4, -0.2) is 63.8 Å². The number of aliphatic hydroxyl groups excluding tert-OH is 2. The normalized spacial score (nSPS) is 14.2. The van der Waals surface area contributed by atoms with E-state index in [1.807, 2.05) is 44.2 Å². The summed E-state index contributed by atoms with van der Waals surface area (Å²) in [5.74, 6) is -0.556. The summed E-state index contributed by atoms with van der Waals surface area (Å²) in [4.78, 5) is 43.2. The molecule has 0 saturated heterocycles. The molecule has 42 heavy (non-hydrogen) atoms. The number of carbonyl (C=O) groups is 3. The topological polar surface area (TPSA) is 141 Å². The molecule has 0 aliphatic heterocycles. The van der Waals surface area contributed by atoms with Gasteiger partial charge in [-0.2, -0.15) is 0 Å². The molecule has 5 N–H and O–H groups in total.